The predicted molar refractivity (Wildman–Crippen MR) is 48.1 cm³/mol. The molecule has 2 nitrogen and oxygen atoms in total. The third-order valence-corrected chi connectivity index (χ3v) is 2.81. The van der Waals surface area contributed by atoms with Crippen LogP contribution >= 0.6 is 27.7 Å². The third-order valence-electron chi connectivity index (χ3n) is 1.08. The maximum Gasteiger partial charge on any atom is 0.0650 e. The van der Waals surface area contributed by atoms with Gasteiger partial charge in [0.1, 0.15) is 0 Å². The molecule has 0 unspecified atom stereocenters. The molecule has 1 heterocycles. The smallest absolute Gasteiger partial charge is 0.0650 e. The molecular formula is C6H7BrN2S. The average Bonchev–Trinajstić information content (AvgIpc) is 1.88. The lowest BCUT2D eigenvalue weighted by atomic mass is 10.4. The molecule has 0 saturated heterocycles. The van der Waals surface area contributed by atoms with Crippen LogP contribution in [0.5, 0.6) is 0 Å². The largest absolute Gasteiger partial charge is 0.397 e. The van der Waals surface area contributed by atoms with Gasteiger partial charge < -0.3 is 5.73 Å². The van der Waals surface area contributed by atoms with Crippen molar-refractivity contribution in [2.75, 3.05) is 12.0 Å². The third kappa shape index (κ3) is 1.44. The number of rotatable bonds is 1. The maximum atomic E-state index is 5.62. The molecule has 1 rings (SSSR count). The Balaban J connectivity index is 3.17. The average molecular weight is 219 g/mol. The van der Waals surface area contributed by atoms with Crippen molar-refractivity contribution in [3.63, 3.8) is 0 Å². The quantitative estimate of drug-likeness (QED) is 0.735. The van der Waals surface area contributed by atoms with Crippen LogP contribution in [0.25, 0.3) is 0 Å². The fourth-order valence-electron chi connectivity index (χ4n) is 0.654. The normalized spacial score (nSPS) is 9.80. The van der Waals surface area contributed by atoms with E-state index in [4.69, 9.17) is 5.73 Å². The van der Waals surface area contributed by atoms with E-state index >= 15 is 0 Å². The number of nitrogens with zero attached hydrogens (tertiary/aromatic N) is 1. The number of anilines is 1. The summed E-state index contributed by atoms with van der Waals surface area (Å²) in [5.41, 5.74) is 6.34. The number of halogens is 1. The summed E-state index contributed by atoms with van der Waals surface area (Å²) in [5.74, 6) is 0. The highest BCUT2D eigenvalue weighted by molar-refractivity contribution is 9.10. The molecule has 4 heteroatoms. The zero-order valence-corrected chi connectivity index (χ0v) is 7.87. The van der Waals surface area contributed by atoms with Crippen molar-refractivity contribution in [2.45, 2.75) is 4.90 Å². The zero-order chi connectivity index (χ0) is 7.56. The molecule has 1 aromatic rings. The van der Waals surface area contributed by atoms with Gasteiger partial charge in [0.25, 0.3) is 0 Å². The number of nitrogen functional groups attached to an aromatic ring is 1. The number of hydrogen-bond acceptors (Lipinski definition) is 3. The Morgan fingerprint density at radius 2 is 2.30 bits per heavy atom. The summed E-state index contributed by atoms with van der Waals surface area (Å²) in [6.45, 7) is 0. The second-order valence-electron chi connectivity index (χ2n) is 1.74. The number of aromatic nitrogens is 1. The van der Waals surface area contributed by atoms with Crippen molar-refractivity contribution in [1.29, 1.82) is 0 Å². The van der Waals surface area contributed by atoms with E-state index in [1.807, 2.05) is 6.26 Å². The SMILES string of the molecule is CSc1c(N)cncc1Br. The Bertz CT molecular complexity index is 219. The second kappa shape index (κ2) is 3.25. The van der Waals surface area contributed by atoms with Crippen molar-refractivity contribution in [1.82, 2.24) is 4.98 Å². The highest BCUT2D eigenvalue weighted by atomic mass is 79.9. The summed E-state index contributed by atoms with van der Waals surface area (Å²) in [6, 6.07) is 0. The fraction of sp³-hybridized carbons (Fsp3) is 0.167. The van der Waals surface area contributed by atoms with Gasteiger partial charge in [0.2, 0.25) is 0 Å². The minimum atomic E-state index is 0.724. The molecule has 1 aromatic heterocycles. The lowest BCUT2D eigenvalue weighted by Crippen LogP contribution is -1.89. The standard InChI is InChI=1S/C6H7BrN2S/c1-10-6-4(7)2-9-3-5(6)8/h2-3H,8H2,1H3. The Morgan fingerprint density at radius 3 is 2.70 bits per heavy atom. The summed E-state index contributed by atoms with van der Waals surface area (Å²) in [6.07, 6.45) is 5.37. The van der Waals surface area contributed by atoms with E-state index in [9.17, 15) is 0 Å². The predicted octanol–water partition coefficient (Wildman–Crippen LogP) is 2.15. The molecule has 0 aliphatic rings. The van der Waals surface area contributed by atoms with E-state index in [-0.39, 0.29) is 0 Å². The molecule has 0 fully saturated rings. The molecule has 0 aliphatic heterocycles. The van der Waals surface area contributed by atoms with Crippen LogP contribution in [0, 0.1) is 0 Å². The minimum Gasteiger partial charge on any atom is -0.397 e. The summed E-state index contributed by atoms with van der Waals surface area (Å²) < 4.78 is 0.958. The van der Waals surface area contributed by atoms with Gasteiger partial charge in [-0.1, -0.05) is 0 Å². The molecule has 0 aromatic carbocycles. The fourth-order valence-corrected chi connectivity index (χ4v) is 2.02. The van der Waals surface area contributed by atoms with Gasteiger partial charge >= 0.3 is 0 Å². The maximum absolute atomic E-state index is 5.62. The van der Waals surface area contributed by atoms with Crippen LogP contribution < -0.4 is 5.73 Å². The molecule has 0 aliphatic carbocycles. The van der Waals surface area contributed by atoms with Gasteiger partial charge in [-0.3, -0.25) is 4.98 Å². The van der Waals surface area contributed by atoms with Crippen molar-refractivity contribution in [2.24, 2.45) is 0 Å². The van der Waals surface area contributed by atoms with Gasteiger partial charge in [-0.25, -0.2) is 0 Å². The van der Waals surface area contributed by atoms with E-state index < -0.39 is 0 Å². The van der Waals surface area contributed by atoms with E-state index in [1.54, 1.807) is 24.2 Å². The van der Waals surface area contributed by atoms with Gasteiger partial charge in [-0.2, -0.15) is 0 Å². The van der Waals surface area contributed by atoms with Crippen LogP contribution in [-0.4, -0.2) is 11.2 Å². The first-order chi connectivity index (χ1) is 4.75. The molecule has 0 saturated carbocycles. The Kier molecular flexibility index (Phi) is 2.56. The Morgan fingerprint density at radius 1 is 1.60 bits per heavy atom. The first-order valence-corrected chi connectivity index (χ1v) is 4.70. The van der Waals surface area contributed by atoms with Gasteiger partial charge in [0.15, 0.2) is 0 Å². The van der Waals surface area contributed by atoms with Crippen LogP contribution in [0.3, 0.4) is 0 Å². The van der Waals surface area contributed by atoms with Crippen molar-refractivity contribution in [3.05, 3.63) is 16.9 Å². The molecule has 54 valence electrons. The van der Waals surface area contributed by atoms with E-state index in [0.29, 0.717) is 0 Å². The molecule has 0 bridgehead atoms. The monoisotopic (exact) mass is 218 g/mol. The Hall–Kier alpha value is -0.220. The summed E-state index contributed by atoms with van der Waals surface area (Å²) in [4.78, 5) is 4.96. The topological polar surface area (TPSA) is 38.9 Å². The summed E-state index contributed by atoms with van der Waals surface area (Å²) in [7, 11) is 0. The molecule has 0 atom stereocenters. The number of pyridine rings is 1. The minimum absolute atomic E-state index is 0.724. The molecule has 0 amide bonds. The number of nitrogens with two attached hydrogens (primary N) is 1. The number of hydrogen-bond donors (Lipinski definition) is 1. The van der Waals surface area contributed by atoms with Gasteiger partial charge in [0, 0.05) is 11.1 Å². The lowest BCUT2D eigenvalue weighted by molar-refractivity contribution is 1.24. The molecule has 2 N–H and O–H groups in total. The Labute approximate surface area is 72.3 Å². The molecule has 10 heavy (non-hydrogen) atoms. The van der Waals surface area contributed by atoms with Crippen LogP contribution in [0.2, 0.25) is 0 Å². The highest BCUT2D eigenvalue weighted by Gasteiger charge is 2.00. The second-order valence-corrected chi connectivity index (χ2v) is 3.41. The van der Waals surface area contributed by atoms with Crippen LogP contribution in [0.1, 0.15) is 0 Å². The van der Waals surface area contributed by atoms with E-state index in [0.717, 1.165) is 15.1 Å². The lowest BCUT2D eigenvalue weighted by Gasteiger charge is -2.01. The van der Waals surface area contributed by atoms with Crippen LogP contribution in [0.4, 0.5) is 5.69 Å². The first-order valence-electron chi connectivity index (χ1n) is 2.68. The molecular weight excluding hydrogens is 212 g/mol. The van der Waals surface area contributed by atoms with Crippen LogP contribution in [-0.2, 0) is 0 Å². The zero-order valence-electron chi connectivity index (χ0n) is 5.47. The summed E-state index contributed by atoms with van der Waals surface area (Å²) in [5, 5.41) is 0. The van der Waals surface area contributed by atoms with Gasteiger partial charge in [-0.15, -0.1) is 11.8 Å². The van der Waals surface area contributed by atoms with Crippen LogP contribution in [0.15, 0.2) is 21.8 Å². The van der Waals surface area contributed by atoms with E-state index in [1.165, 1.54) is 0 Å². The highest BCUT2D eigenvalue weighted by Crippen LogP contribution is 2.29. The van der Waals surface area contributed by atoms with Gasteiger partial charge in [-0.05, 0) is 22.2 Å². The molecule has 0 spiro atoms. The van der Waals surface area contributed by atoms with E-state index in [2.05, 4.69) is 20.9 Å². The van der Waals surface area contributed by atoms with Crippen molar-refractivity contribution >= 4 is 33.4 Å². The van der Waals surface area contributed by atoms with Crippen molar-refractivity contribution in [3.8, 4) is 0 Å². The van der Waals surface area contributed by atoms with Crippen molar-refractivity contribution < 1.29 is 0 Å². The first kappa shape index (κ1) is 7.88. The number of thioether (sulfide) groups is 1. The summed E-state index contributed by atoms with van der Waals surface area (Å²) >= 11 is 4.95. The van der Waals surface area contributed by atoms with Gasteiger partial charge in [0.05, 0.1) is 16.4 Å². The molecule has 0 radical (unpaired) electrons.